The summed E-state index contributed by atoms with van der Waals surface area (Å²) in [7, 11) is 0. The Kier molecular flexibility index (Phi) is 14.0. The van der Waals surface area contributed by atoms with Crippen LogP contribution in [0.4, 0.5) is 0 Å². The van der Waals surface area contributed by atoms with Crippen molar-refractivity contribution in [3.05, 3.63) is 0 Å². The molecule has 9 heteroatoms. The third-order valence-corrected chi connectivity index (χ3v) is 0.388. The fraction of sp³-hybridized carbons (Fsp3) is 0. The molecule has 0 aromatic carbocycles. The minimum atomic E-state index is -5.22. The first-order chi connectivity index (χ1) is 3.56. The van der Waals surface area contributed by atoms with Crippen molar-refractivity contribution in [1.82, 2.24) is 0 Å². The van der Waals surface area contributed by atoms with Crippen LogP contribution in [-0.4, -0.2) is 25.4 Å². The SMILES string of the molecule is O.OO.[O]=[Cr](=[O])([OH])[O]O. The van der Waals surface area contributed by atoms with Crippen LogP contribution in [0.5, 0.6) is 0 Å². The molecular weight excluding hydrogens is 180 g/mol. The van der Waals surface area contributed by atoms with E-state index in [4.69, 9.17) is 27.5 Å². The van der Waals surface area contributed by atoms with Crippen LogP contribution in [0, 0.1) is 0 Å². The Bertz CT molecular complexity index is 107. The van der Waals surface area contributed by atoms with Gasteiger partial charge < -0.3 is 5.48 Å². The Morgan fingerprint density at radius 1 is 1.22 bits per heavy atom. The first kappa shape index (κ1) is 16.0. The summed E-state index contributed by atoms with van der Waals surface area (Å²) in [6.07, 6.45) is 0. The van der Waals surface area contributed by atoms with Crippen LogP contribution in [0.15, 0.2) is 0 Å². The van der Waals surface area contributed by atoms with E-state index in [0.29, 0.717) is 0 Å². The number of hydrogen-bond acceptors (Lipinski definition) is 6. The van der Waals surface area contributed by atoms with Gasteiger partial charge in [-0.15, -0.1) is 0 Å². The molecule has 9 heavy (non-hydrogen) atoms. The summed E-state index contributed by atoms with van der Waals surface area (Å²) in [6.45, 7) is 0. The maximum absolute atomic E-state index is 9.16. The maximum atomic E-state index is 9.16. The summed E-state index contributed by atoms with van der Waals surface area (Å²) >= 11 is -5.22. The van der Waals surface area contributed by atoms with E-state index in [9.17, 15) is 0 Å². The Morgan fingerprint density at radius 3 is 1.33 bits per heavy atom. The van der Waals surface area contributed by atoms with Crippen molar-refractivity contribution in [3.63, 3.8) is 0 Å². The van der Waals surface area contributed by atoms with Gasteiger partial charge in [0.2, 0.25) is 0 Å². The van der Waals surface area contributed by atoms with Crippen LogP contribution < -0.4 is 0 Å². The van der Waals surface area contributed by atoms with Crippen molar-refractivity contribution >= 4 is 0 Å². The zero-order valence-electron chi connectivity index (χ0n) is 3.92. The summed E-state index contributed by atoms with van der Waals surface area (Å²) in [5, 5.41) is 19.1. The Hall–Kier alpha value is -0.108. The predicted molar refractivity (Wildman–Crippen MR) is 16.2 cm³/mol. The average Bonchev–Trinajstić information content (AvgIpc) is 1.71. The molecule has 0 saturated carbocycles. The van der Waals surface area contributed by atoms with Gasteiger partial charge >= 0.3 is 34.6 Å². The van der Waals surface area contributed by atoms with Crippen LogP contribution in [0.2, 0.25) is 0 Å². The molecular formula is H6CrO8. The molecule has 0 unspecified atom stereocenters. The summed E-state index contributed by atoms with van der Waals surface area (Å²) in [4.78, 5) is 0. The van der Waals surface area contributed by atoms with E-state index >= 15 is 0 Å². The van der Waals surface area contributed by atoms with Crippen molar-refractivity contribution in [3.8, 4) is 0 Å². The molecule has 6 N–H and O–H groups in total. The van der Waals surface area contributed by atoms with Crippen LogP contribution >= 0.6 is 0 Å². The van der Waals surface area contributed by atoms with E-state index in [1.54, 1.807) is 0 Å². The molecule has 0 amide bonds. The van der Waals surface area contributed by atoms with Gasteiger partial charge in [-0.25, -0.2) is 0 Å². The van der Waals surface area contributed by atoms with Gasteiger partial charge in [-0.2, -0.15) is 0 Å². The normalized spacial score (nSPS) is 8.44. The number of hydrogen-bond donors (Lipinski definition) is 4. The molecule has 0 aromatic rings. The molecule has 0 fully saturated rings. The van der Waals surface area contributed by atoms with E-state index in [2.05, 4.69) is 3.94 Å². The fourth-order valence-corrected chi connectivity index (χ4v) is 0. The van der Waals surface area contributed by atoms with Crippen molar-refractivity contribution in [2.45, 2.75) is 0 Å². The third-order valence-electron chi connectivity index (χ3n) is 0.0942. The Labute approximate surface area is 51.5 Å². The number of rotatable bonds is 1. The second-order valence-electron chi connectivity index (χ2n) is 0.502. The van der Waals surface area contributed by atoms with E-state index < -0.39 is 13.6 Å². The van der Waals surface area contributed by atoms with Crippen molar-refractivity contribution in [2.24, 2.45) is 0 Å². The van der Waals surface area contributed by atoms with Gasteiger partial charge in [0, 0.05) is 0 Å². The fourth-order valence-electron chi connectivity index (χ4n) is 0. The molecule has 0 rings (SSSR count). The van der Waals surface area contributed by atoms with Gasteiger partial charge in [-0.05, 0) is 0 Å². The molecule has 0 radical (unpaired) electrons. The van der Waals surface area contributed by atoms with Gasteiger partial charge in [0.15, 0.2) is 0 Å². The predicted octanol–water partition coefficient (Wildman–Crippen LogP) is -1.66. The molecule has 0 heterocycles. The van der Waals surface area contributed by atoms with E-state index in [1.165, 1.54) is 0 Å². The van der Waals surface area contributed by atoms with Crippen LogP contribution in [0.1, 0.15) is 0 Å². The molecule has 0 aliphatic rings. The molecule has 0 spiro atoms. The Balaban J connectivity index is -0.000000109. The van der Waals surface area contributed by atoms with Crippen molar-refractivity contribution < 1.29 is 50.6 Å². The molecule has 0 atom stereocenters. The second kappa shape index (κ2) is 7.89. The Morgan fingerprint density at radius 2 is 1.33 bits per heavy atom. The molecule has 0 aliphatic heterocycles. The average molecular weight is 186 g/mol. The van der Waals surface area contributed by atoms with Crippen LogP contribution in [0.25, 0.3) is 0 Å². The molecule has 0 saturated heterocycles. The molecule has 8 nitrogen and oxygen atoms in total. The molecule has 0 aliphatic carbocycles. The third kappa shape index (κ3) is 32.8. The molecule has 0 aromatic heterocycles. The van der Waals surface area contributed by atoms with Gasteiger partial charge in [-0.3, -0.25) is 10.5 Å². The van der Waals surface area contributed by atoms with Crippen LogP contribution in [0.3, 0.4) is 0 Å². The first-order valence-electron chi connectivity index (χ1n) is 1.07. The zero-order valence-corrected chi connectivity index (χ0v) is 5.20. The quantitative estimate of drug-likeness (QED) is 0.281. The van der Waals surface area contributed by atoms with E-state index in [1.807, 2.05) is 0 Å². The topological polar surface area (TPSA) is 156 Å². The summed E-state index contributed by atoms with van der Waals surface area (Å²) < 4.78 is 28.2. The van der Waals surface area contributed by atoms with Gasteiger partial charge in [0.1, 0.15) is 0 Å². The van der Waals surface area contributed by atoms with Crippen molar-refractivity contribution in [2.75, 3.05) is 0 Å². The summed E-state index contributed by atoms with van der Waals surface area (Å²) in [6, 6.07) is 0. The first-order valence-corrected chi connectivity index (χ1v) is 3.20. The van der Waals surface area contributed by atoms with Gasteiger partial charge in [0.25, 0.3) is 0 Å². The standard InChI is InChI=1S/Cr.2H2O2.2H2O.2O/c;2*1-2;;;;/h;2*1-2H;2*1H2;;/q+2;;;;;;/p-2. The zero-order chi connectivity index (χ0) is 7.21. The minimum absolute atomic E-state index is 0. The van der Waals surface area contributed by atoms with E-state index in [0.717, 1.165) is 0 Å². The summed E-state index contributed by atoms with van der Waals surface area (Å²) in [5.41, 5.74) is 0. The molecule has 60 valence electrons. The van der Waals surface area contributed by atoms with E-state index in [-0.39, 0.29) is 5.48 Å². The van der Waals surface area contributed by atoms with Crippen molar-refractivity contribution in [1.29, 1.82) is 0 Å². The monoisotopic (exact) mass is 186 g/mol. The molecule has 0 bridgehead atoms. The van der Waals surface area contributed by atoms with Crippen LogP contribution in [-0.2, 0) is 25.2 Å². The second-order valence-corrected chi connectivity index (χ2v) is 2.07. The van der Waals surface area contributed by atoms with Gasteiger partial charge in [0.05, 0.1) is 0 Å². The van der Waals surface area contributed by atoms with Gasteiger partial charge in [-0.1, -0.05) is 0 Å². The summed E-state index contributed by atoms with van der Waals surface area (Å²) in [5.74, 6) is 0.